The van der Waals surface area contributed by atoms with Crippen molar-refractivity contribution in [3.8, 4) is 5.75 Å². The Kier molecular flexibility index (Phi) is 3.34. The number of nitrogens with zero attached hydrogens (tertiary/aromatic N) is 2. The van der Waals surface area contributed by atoms with Gasteiger partial charge in [0.05, 0.1) is 11.4 Å². The number of amides is 1. The molecule has 1 fully saturated rings. The topological polar surface area (TPSA) is 88.5 Å². The van der Waals surface area contributed by atoms with Crippen molar-refractivity contribution in [2.75, 3.05) is 11.9 Å². The maximum Gasteiger partial charge on any atom is 0.272 e. The number of carbonyl (C=O) groups is 1. The summed E-state index contributed by atoms with van der Waals surface area (Å²) in [6.45, 7) is 0.0398. The quantitative estimate of drug-likeness (QED) is 0.758. The zero-order valence-corrected chi connectivity index (χ0v) is 14.1. The zero-order chi connectivity index (χ0) is 17.7. The number of hydrogen-bond donors (Lipinski definition) is 2. The van der Waals surface area contributed by atoms with Crippen molar-refractivity contribution < 1.29 is 9.53 Å². The molecular formula is C19H18N4O3. The van der Waals surface area contributed by atoms with E-state index in [0.717, 1.165) is 24.1 Å². The van der Waals surface area contributed by atoms with Crippen molar-refractivity contribution in [2.24, 2.45) is 0 Å². The third-order valence-corrected chi connectivity index (χ3v) is 5.13. The van der Waals surface area contributed by atoms with Crippen LogP contribution in [0.2, 0.25) is 0 Å². The summed E-state index contributed by atoms with van der Waals surface area (Å²) in [5.74, 6) is 1.01. The second-order valence-corrected chi connectivity index (χ2v) is 6.96. The lowest BCUT2D eigenvalue weighted by molar-refractivity contribution is -0.118. The highest BCUT2D eigenvalue weighted by molar-refractivity contribution is 5.95. The lowest BCUT2D eigenvalue weighted by atomic mass is 9.83. The monoisotopic (exact) mass is 350 g/mol. The zero-order valence-electron chi connectivity index (χ0n) is 14.1. The van der Waals surface area contributed by atoms with Gasteiger partial charge < -0.3 is 10.1 Å². The van der Waals surface area contributed by atoms with Crippen LogP contribution in [0.1, 0.15) is 42.1 Å². The molecule has 1 amide bonds. The summed E-state index contributed by atoms with van der Waals surface area (Å²) >= 11 is 0. The van der Waals surface area contributed by atoms with Crippen molar-refractivity contribution in [1.82, 2.24) is 14.6 Å². The number of benzene rings is 1. The number of carbonyl (C=O) groups excluding carboxylic acids is 1. The minimum atomic E-state index is -0.164. The van der Waals surface area contributed by atoms with Crippen molar-refractivity contribution in [2.45, 2.75) is 31.6 Å². The summed E-state index contributed by atoms with van der Waals surface area (Å²) in [5, 5.41) is 5.98. The maximum absolute atomic E-state index is 12.4. The number of aromatic nitrogens is 3. The van der Waals surface area contributed by atoms with Gasteiger partial charge in [0.2, 0.25) is 0 Å². The predicted molar refractivity (Wildman–Crippen MR) is 95.8 cm³/mol. The van der Waals surface area contributed by atoms with Crippen LogP contribution in [0.3, 0.4) is 0 Å². The fourth-order valence-electron chi connectivity index (χ4n) is 3.53. The summed E-state index contributed by atoms with van der Waals surface area (Å²) in [5.41, 5.74) is 3.96. The number of rotatable bonds is 3. The molecule has 1 aromatic carbocycles. The molecule has 0 saturated heterocycles. The first-order valence-corrected chi connectivity index (χ1v) is 8.83. The Morgan fingerprint density at radius 3 is 2.88 bits per heavy atom. The average Bonchev–Trinajstić information content (AvgIpc) is 2.96. The van der Waals surface area contributed by atoms with Crippen LogP contribution in [0.15, 0.2) is 35.1 Å². The van der Waals surface area contributed by atoms with Gasteiger partial charge in [-0.3, -0.25) is 14.7 Å². The first-order chi connectivity index (χ1) is 12.7. The van der Waals surface area contributed by atoms with Gasteiger partial charge in [0.25, 0.3) is 11.5 Å². The Balaban J connectivity index is 1.46. The van der Waals surface area contributed by atoms with E-state index in [1.807, 2.05) is 24.3 Å². The first-order valence-electron chi connectivity index (χ1n) is 8.83. The third-order valence-electron chi connectivity index (χ3n) is 5.13. The number of hydrogen-bond acceptors (Lipinski definition) is 4. The molecule has 1 aliphatic heterocycles. The molecule has 2 aromatic heterocycles. The minimum Gasteiger partial charge on any atom is -0.482 e. The van der Waals surface area contributed by atoms with Crippen molar-refractivity contribution in [3.05, 3.63) is 57.6 Å². The van der Waals surface area contributed by atoms with Gasteiger partial charge in [-0.25, -0.2) is 9.50 Å². The van der Waals surface area contributed by atoms with Crippen LogP contribution in [0.4, 0.5) is 5.69 Å². The molecule has 0 bridgehead atoms. The molecule has 2 aliphatic rings. The van der Waals surface area contributed by atoms with Crippen LogP contribution in [-0.2, 0) is 11.2 Å². The Morgan fingerprint density at radius 2 is 2.08 bits per heavy atom. The fraction of sp³-hybridized carbons (Fsp3) is 0.316. The van der Waals surface area contributed by atoms with Gasteiger partial charge in [-0.2, -0.15) is 0 Å². The molecule has 132 valence electrons. The van der Waals surface area contributed by atoms with Crippen LogP contribution < -0.4 is 15.6 Å². The summed E-state index contributed by atoms with van der Waals surface area (Å²) < 4.78 is 6.89. The Hall–Kier alpha value is -3.09. The van der Waals surface area contributed by atoms with Crippen molar-refractivity contribution in [1.29, 1.82) is 0 Å². The van der Waals surface area contributed by atoms with Gasteiger partial charge in [-0.05, 0) is 30.5 Å². The molecule has 0 atom stereocenters. The average molecular weight is 350 g/mol. The number of ether oxygens (including phenoxy) is 1. The van der Waals surface area contributed by atoms with E-state index in [9.17, 15) is 9.59 Å². The molecule has 0 spiro atoms. The van der Waals surface area contributed by atoms with E-state index in [0.29, 0.717) is 35.1 Å². The number of nitrogens with one attached hydrogen (secondary N) is 2. The lowest BCUT2D eigenvalue weighted by Gasteiger charge is -2.23. The SMILES string of the molecule is O=C1COc2ccc(Cc3cc(=O)n4[nH]c(C5CCC5)cc4n3)cc2N1. The standard InChI is InChI=1S/C19H18N4O3/c24-18-10-26-16-5-4-11(7-15(16)21-18)6-13-8-19(25)23-17(20-13)9-14(22-23)12-2-1-3-12/h4-5,7-9,12,22H,1-3,6,10H2,(H,21,24). The second-order valence-electron chi connectivity index (χ2n) is 6.96. The Morgan fingerprint density at radius 1 is 1.19 bits per heavy atom. The molecule has 26 heavy (non-hydrogen) atoms. The van der Waals surface area contributed by atoms with E-state index >= 15 is 0 Å². The number of anilines is 1. The van der Waals surface area contributed by atoms with Crippen molar-refractivity contribution in [3.63, 3.8) is 0 Å². The number of fused-ring (bicyclic) bond motifs is 2. The van der Waals surface area contributed by atoms with Crippen LogP contribution in [0.5, 0.6) is 5.75 Å². The molecule has 3 heterocycles. The van der Waals surface area contributed by atoms with Gasteiger partial charge >= 0.3 is 0 Å². The molecule has 0 radical (unpaired) electrons. The Labute approximate surface area is 149 Å². The molecule has 0 unspecified atom stereocenters. The van der Waals surface area contributed by atoms with E-state index in [4.69, 9.17) is 4.74 Å². The summed E-state index contributed by atoms with van der Waals surface area (Å²) in [4.78, 5) is 28.5. The highest BCUT2D eigenvalue weighted by atomic mass is 16.5. The minimum absolute atomic E-state index is 0.0398. The molecule has 7 heteroatoms. The second kappa shape index (κ2) is 5.72. The van der Waals surface area contributed by atoms with E-state index in [1.165, 1.54) is 10.9 Å². The molecule has 7 nitrogen and oxygen atoms in total. The van der Waals surface area contributed by atoms with Gasteiger partial charge in [0, 0.05) is 30.2 Å². The summed E-state index contributed by atoms with van der Waals surface area (Å²) in [6, 6.07) is 9.17. The van der Waals surface area contributed by atoms with Gasteiger partial charge in [-0.1, -0.05) is 12.5 Å². The van der Waals surface area contributed by atoms with Crippen LogP contribution in [-0.4, -0.2) is 27.1 Å². The normalized spacial score (nSPS) is 16.7. The third kappa shape index (κ3) is 2.56. The lowest BCUT2D eigenvalue weighted by Crippen LogP contribution is -2.25. The van der Waals surface area contributed by atoms with Crippen LogP contribution in [0, 0.1) is 0 Å². The molecule has 1 aliphatic carbocycles. The van der Waals surface area contributed by atoms with Gasteiger partial charge in [-0.15, -0.1) is 0 Å². The summed E-state index contributed by atoms with van der Waals surface area (Å²) in [7, 11) is 0. The summed E-state index contributed by atoms with van der Waals surface area (Å²) in [6.07, 6.45) is 4.08. The molecular weight excluding hydrogens is 332 g/mol. The van der Waals surface area contributed by atoms with Crippen molar-refractivity contribution >= 4 is 17.2 Å². The predicted octanol–water partition coefficient (Wildman–Crippen LogP) is 2.21. The van der Waals surface area contributed by atoms with E-state index in [-0.39, 0.29) is 18.1 Å². The molecule has 2 N–H and O–H groups in total. The van der Waals surface area contributed by atoms with E-state index in [1.54, 1.807) is 6.07 Å². The fourth-order valence-corrected chi connectivity index (χ4v) is 3.53. The van der Waals surface area contributed by atoms with E-state index < -0.39 is 0 Å². The first kappa shape index (κ1) is 15.2. The van der Waals surface area contributed by atoms with Gasteiger partial charge in [0.1, 0.15) is 5.75 Å². The molecule has 1 saturated carbocycles. The highest BCUT2D eigenvalue weighted by Crippen LogP contribution is 2.35. The van der Waals surface area contributed by atoms with Crippen LogP contribution in [0.25, 0.3) is 5.65 Å². The van der Waals surface area contributed by atoms with Gasteiger partial charge in [0.15, 0.2) is 12.3 Å². The largest absolute Gasteiger partial charge is 0.482 e. The number of H-pyrrole nitrogens is 1. The number of aromatic amines is 1. The molecule has 3 aromatic rings. The van der Waals surface area contributed by atoms with Crippen LogP contribution >= 0.6 is 0 Å². The maximum atomic E-state index is 12.4. The van der Waals surface area contributed by atoms with E-state index in [2.05, 4.69) is 15.4 Å². The molecule has 5 rings (SSSR count). The Bertz CT molecular complexity index is 1080. The smallest absolute Gasteiger partial charge is 0.272 e. The highest BCUT2D eigenvalue weighted by Gasteiger charge is 2.22.